The van der Waals surface area contributed by atoms with Gasteiger partial charge in [0, 0.05) is 18.5 Å². The van der Waals surface area contributed by atoms with Gasteiger partial charge < -0.3 is 29.2 Å². The monoisotopic (exact) mass is 582 g/mol. The largest absolute Gasteiger partial charge is 0.477 e. The molecule has 0 aromatic carbocycles. The van der Waals surface area contributed by atoms with Crippen molar-refractivity contribution in [2.24, 2.45) is 0 Å². The predicted molar refractivity (Wildman–Crippen MR) is 159 cm³/mol. The van der Waals surface area contributed by atoms with E-state index in [0.29, 0.717) is 42.5 Å². The number of rotatable bonds is 9. The van der Waals surface area contributed by atoms with Gasteiger partial charge in [0.15, 0.2) is 5.82 Å². The van der Waals surface area contributed by atoms with Gasteiger partial charge in [0.2, 0.25) is 17.7 Å². The van der Waals surface area contributed by atoms with E-state index in [4.69, 9.17) is 18.9 Å². The lowest BCUT2D eigenvalue weighted by atomic mass is 10.1. The smallest absolute Gasteiger partial charge is 0.343 e. The van der Waals surface area contributed by atoms with E-state index in [1.54, 1.807) is 39.1 Å². The minimum atomic E-state index is -1.64. The Morgan fingerprint density at radius 2 is 1.44 bits per heavy atom. The van der Waals surface area contributed by atoms with Crippen LogP contribution in [0.4, 0.5) is 5.82 Å². The third-order valence-electron chi connectivity index (χ3n) is 4.91. The summed E-state index contributed by atoms with van der Waals surface area (Å²) in [6.45, 7) is 16.2. The first kappa shape index (κ1) is 32.8. The second-order valence-electron chi connectivity index (χ2n) is 9.48. The molecule has 3 aromatic rings. The Kier molecular flexibility index (Phi) is 12.4. The molecule has 3 aromatic heterocycles. The van der Waals surface area contributed by atoms with E-state index in [1.807, 2.05) is 13.0 Å². The van der Waals surface area contributed by atoms with Crippen molar-refractivity contribution in [1.29, 1.82) is 0 Å². The van der Waals surface area contributed by atoms with Gasteiger partial charge in [0.05, 0.1) is 32.0 Å². The molecule has 0 radical (unpaired) electrons. The number of aromatic nitrogens is 3. The highest BCUT2D eigenvalue weighted by Crippen LogP contribution is 2.25. The molecule has 0 spiro atoms. The molecule has 0 aliphatic rings. The molecule has 0 unspecified atom stereocenters. The van der Waals surface area contributed by atoms with Gasteiger partial charge >= 0.3 is 11.9 Å². The van der Waals surface area contributed by atoms with Crippen LogP contribution in [0.1, 0.15) is 60.9 Å². The van der Waals surface area contributed by atoms with Crippen LogP contribution in [0.3, 0.4) is 0 Å². The number of H-pyrrole nitrogens is 1. The lowest BCUT2D eigenvalue weighted by Gasteiger charge is -2.13. The number of aromatic amines is 1. The van der Waals surface area contributed by atoms with Crippen LogP contribution in [-0.2, 0) is 14.3 Å². The van der Waals surface area contributed by atoms with Gasteiger partial charge in [-0.1, -0.05) is 25.6 Å². The van der Waals surface area contributed by atoms with Gasteiger partial charge in [-0.15, -0.1) is 5.54 Å². The normalized spacial score (nSPS) is 10.4. The predicted octanol–water partition coefficient (Wildman–Crippen LogP) is 4.98. The molecule has 12 heteroatoms. The van der Waals surface area contributed by atoms with Gasteiger partial charge in [-0.25, -0.2) is 9.59 Å². The van der Waals surface area contributed by atoms with Gasteiger partial charge in [0.25, 0.3) is 0 Å². The van der Waals surface area contributed by atoms with Gasteiger partial charge in [-0.05, 0) is 45.9 Å². The quantitative estimate of drug-likeness (QED) is 0.203. The van der Waals surface area contributed by atoms with E-state index < -0.39 is 20.0 Å². The molecule has 220 valence electrons. The number of anilines is 1. The maximum Gasteiger partial charge on any atom is 0.343 e. The zero-order chi connectivity index (χ0) is 30.6. The van der Waals surface area contributed by atoms with E-state index in [0.717, 1.165) is 5.39 Å². The van der Waals surface area contributed by atoms with Crippen molar-refractivity contribution in [1.82, 2.24) is 15.0 Å². The number of fused-ring (bicyclic) bond motifs is 1. The van der Waals surface area contributed by atoms with Crippen LogP contribution in [0.25, 0.3) is 11.0 Å². The Morgan fingerprint density at radius 1 is 0.878 bits per heavy atom. The fraction of sp³-hybridized carbons (Fsp3) is 0.414. The summed E-state index contributed by atoms with van der Waals surface area (Å²) < 4.78 is 20.8. The maximum absolute atomic E-state index is 12.2. The van der Waals surface area contributed by atoms with Gasteiger partial charge in [-0.3, -0.25) is 4.79 Å². The highest BCUT2D eigenvalue weighted by atomic mass is 28.3. The number of nitrogens with zero attached hydrogens (tertiary/aromatic N) is 2. The van der Waals surface area contributed by atoms with Crippen LogP contribution < -0.4 is 14.8 Å². The number of amides is 1. The summed E-state index contributed by atoms with van der Waals surface area (Å²) in [6, 6.07) is 5.14. The first-order valence-corrected chi connectivity index (χ1v) is 16.9. The van der Waals surface area contributed by atoms with Crippen molar-refractivity contribution in [2.75, 3.05) is 31.7 Å². The fourth-order valence-corrected chi connectivity index (χ4v) is 3.79. The number of carbonyl (C=O) groups excluding carboxylic acids is 3. The van der Waals surface area contributed by atoms with Crippen molar-refractivity contribution >= 4 is 42.8 Å². The molecule has 0 atom stereocenters. The molecule has 0 aliphatic heterocycles. The molecule has 3 rings (SSSR count). The van der Waals surface area contributed by atoms with Crippen LogP contribution in [0, 0.1) is 11.5 Å². The molecule has 0 saturated heterocycles. The first-order valence-electron chi connectivity index (χ1n) is 13.4. The molecular formula is C29H38N4O7Si. The summed E-state index contributed by atoms with van der Waals surface area (Å²) >= 11 is 0. The number of esters is 2. The first-order chi connectivity index (χ1) is 19.4. The number of hydrogen-bond donors (Lipinski definition) is 2. The summed E-state index contributed by atoms with van der Waals surface area (Å²) in [5.41, 5.74) is 4.94. The Hall–Kier alpha value is -4.37. The van der Waals surface area contributed by atoms with Crippen molar-refractivity contribution in [2.45, 2.75) is 54.3 Å². The summed E-state index contributed by atoms with van der Waals surface area (Å²) in [5.74, 6) is 2.54. The SMILES string of the molecule is CCOC(=O)c1cc(C#C[Si](C)(C)C)c(NC(C)=O)nc1OCC.CCOC(=O)c1cc2cc[nH]c2nc1OCC. The Bertz CT molecular complexity index is 1430. The standard InChI is InChI=1S/C17H24N2O4Si.C12H14N2O3/c1-7-22-16-14(17(21)23-8-2)11-13(9-10-24(4,5)6)15(19-16)18-12(3)20;1-3-16-11-9(12(15)17-4-2)7-8-5-6-13-10(8)14-11/h11H,7-8H2,1-6H3,(H,18,19,20);5-7H,3-4H2,1-2H3,(H,13,14). The van der Waals surface area contributed by atoms with E-state index in [-0.39, 0.29) is 29.8 Å². The molecule has 0 bridgehead atoms. The second kappa shape index (κ2) is 15.4. The number of hydrogen-bond acceptors (Lipinski definition) is 9. The lowest BCUT2D eigenvalue weighted by molar-refractivity contribution is -0.114. The number of nitrogens with one attached hydrogen (secondary N) is 2. The lowest BCUT2D eigenvalue weighted by Crippen LogP contribution is -2.17. The molecule has 11 nitrogen and oxygen atoms in total. The number of pyridine rings is 2. The highest BCUT2D eigenvalue weighted by Gasteiger charge is 2.20. The van der Waals surface area contributed by atoms with E-state index in [1.165, 1.54) is 6.92 Å². The molecule has 0 fully saturated rings. The average Bonchev–Trinajstić information content (AvgIpc) is 3.35. The Labute approximate surface area is 241 Å². The molecule has 0 saturated carbocycles. The average molecular weight is 583 g/mol. The summed E-state index contributed by atoms with van der Waals surface area (Å²) in [7, 11) is -1.64. The Balaban J connectivity index is 0.000000303. The van der Waals surface area contributed by atoms with Crippen molar-refractivity contribution < 1.29 is 33.3 Å². The molecular weight excluding hydrogens is 544 g/mol. The van der Waals surface area contributed by atoms with Crippen LogP contribution >= 0.6 is 0 Å². The third-order valence-corrected chi connectivity index (χ3v) is 5.78. The van der Waals surface area contributed by atoms with E-state index in [2.05, 4.69) is 51.4 Å². The molecule has 41 heavy (non-hydrogen) atoms. The van der Waals surface area contributed by atoms with Crippen LogP contribution in [0.5, 0.6) is 11.8 Å². The third kappa shape index (κ3) is 9.95. The van der Waals surface area contributed by atoms with Crippen LogP contribution in [0.15, 0.2) is 24.4 Å². The van der Waals surface area contributed by atoms with Gasteiger partial charge in [0.1, 0.15) is 24.8 Å². The molecule has 2 N–H and O–H groups in total. The van der Waals surface area contributed by atoms with Crippen LogP contribution in [-0.4, -0.2) is 67.3 Å². The topological polar surface area (TPSA) is 142 Å². The minimum absolute atomic E-state index is 0.123. The van der Waals surface area contributed by atoms with E-state index >= 15 is 0 Å². The fourth-order valence-electron chi connectivity index (χ4n) is 3.28. The summed E-state index contributed by atoms with van der Waals surface area (Å²) in [6.07, 6.45) is 1.77. The zero-order valence-corrected chi connectivity index (χ0v) is 25.9. The summed E-state index contributed by atoms with van der Waals surface area (Å²) in [5, 5.41) is 3.50. The highest BCUT2D eigenvalue weighted by molar-refractivity contribution is 6.83. The van der Waals surface area contributed by atoms with Crippen molar-refractivity contribution in [3.05, 3.63) is 41.1 Å². The molecule has 3 heterocycles. The summed E-state index contributed by atoms with van der Waals surface area (Å²) in [4.78, 5) is 46.8. The number of carbonyl (C=O) groups is 3. The molecule has 1 amide bonds. The minimum Gasteiger partial charge on any atom is -0.477 e. The van der Waals surface area contributed by atoms with Gasteiger partial charge in [-0.2, -0.15) is 9.97 Å². The number of ether oxygens (including phenoxy) is 4. The van der Waals surface area contributed by atoms with E-state index in [9.17, 15) is 14.4 Å². The second-order valence-corrected chi connectivity index (χ2v) is 14.2. The van der Waals surface area contributed by atoms with Crippen molar-refractivity contribution in [3.63, 3.8) is 0 Å². The Morgan fingerprint density at radius 3 is 1.95 bits per heavy atom. The zero-order valence-electron chi connectivity index (χ0n) is 24.9. The van der Waals surface area contributed by atoms with Crippen molar-refractivity contribution in [3.8, 4) is 23.2 Å². The maximum atomic E-state index is 12.2. The van der Waals surface area contributed by atoms with Crippen LogP contribution in [0.2, 0.25) is 19.6 Å². The molecule has 0 aliphatic carbocycles.